The third-order valence-corrected chi connectivity index (χ3v) is 4.50. The van der Waals surface area contributed by atoms with Gasteiger partial charge < -0.3 is 10.6 Å². The quantitative estimate of drug-likeness (QED) is 0.671. The van der Waals surface area contributed by atoms with Gasteiger partial charge in [-0.05, 0) is 18.1 Å². The fourth-order valence-corrected chi connectivity index (χ4v) is 3.59. The zero-order valence-corrected chi connectivity index (χ0v) is 11.8. The minimum atomic E-state index is -0.429. The molecule has 0 amide bonds. The number of nitro groups is 1. The molecule has 0 spiro atoms. The molecule has 2 N–H and O–H groups in total. The third-order valence-electron chi connectivity index (χ3n) is 3.46. The zero-order chi connectivity index (χ0) is 15.0. The molecule has 0 saturated carbocycles. The summed E-state index contributed by atoms with van der Waals surface area (Å²) in [5.41, 5.74) is 7.35. The van der Waals surface area contributed by atoms with Gasteiger partial charge in [-0.2, -0.15) is 5.26 Å². The van der Waals surface area contributed by atoms with E-state index in [9.17, 15) is 10.1 Å². The van der Waals surface area contributed by atoms with Gasteiger partial charge in [0.1, 0.15) is 11.1 Å². The van der Waals surface area contributed by atoms with Gasteiger partial charge in [0.15, 0.2) is 0 Å². The molecule has 0 saturated heterocycles. The molecule has 0 atom stereocenters. The van der Waals surface area contributed by atoms with E-state index < -0.39 is 4.92 Å². The van der Waals surface area contributed by atoms with Crippen molar-refractivity contribution in [2.75, 3.05) is 17.2 Å². The molecular weight excluding hydrogens is 290 g/mol. The van der Waals surface area contributed by atoms with E-state index in [0.717, 1.165) is 10.4 Å². The lowest BCUT2D eigenvalue weighted by Crippen LogP contribution is -2.30. The average Bonchev–Trinajstić information content (AvgIpc) is 2.81. The van der Waals surface area contributed by atoms with E-state index >= 15 is 0 Å². The van der Waals surface area contributed by atoms with E-state index in [4.69, 9.17) is 11.0 Å². The Hall–Kier alpha value is -2.66. The Labute approximate surface area is 124 Å². The highest BCUT2D eigenvalue weighted by atomic mass is 32.1. The van der Waals surface area contributed by atoms with Gasteiger partial charge in [-0.3, -0.25) is 10.1 Å². The van der Waals surface area contributed by atoms with Crippen molar-refractivity contribution in [1.29, 1.82) is 5.26 Å². The Morgan fingerprint density at radius 2 is 2.38 bits per heavy atom. The molecule has 0 aliphatic carbocycles. The van der Waals surface area contributed by atoms with Crippen molar-refractivity contribution < 1.29 is 4.92 Å². The molecule has 1 aliphatic rings. The van der Waals surface area contributed by atoms with Gasteiger partial charge in [-0.1, -0.05) is 0 Å². The van der Waals surface area contributed by atoms with Gasteiger partial charge >= 0.3 is 5.69 Å². The number of pyridine rings is 1. The molecule has 0 fully saturated rings. The molecular formula is C13H11N5O2S. The summed E-state index contributed by atoms with van der Waals surface area (Å²) in [6, 6.07) is 5.13. The Morgan fingerprint density at radius 3 is 3.10 bits per heavy atom. The molecule has 21 heavy (non-hydrogen) atoms. The number of rotatable bonds is 2. The largest absolute Gasteiger partial charge is 0.389 e. The smallest absolute Gasteiger partial charge is 0.311 e. The van der Waals surface area contributed by atoms with Crippen molar-refractivity contribution in [2.24, 2.45) is 0 Å². The summed E-state index contributed by atoms with van der Waals surface area (Å²) in [5.74, 6) is 0.360. The summed E-state index contributed by atoms with van der Waals surface area (Å²) in [4.78, 5) is 17.6. The second-order valence-corrected chi connectivity index (χ2v) is 5.77. The lowest BCUT2D eigenvalue weighted by Gasteiger charge is -2.27. The lowest BCUT2D eigenvalue weighted by atomic mass is 10.0. The second-order valence-electron chi connectivity index (χ2n) is 4.63. The second kappa shape index (κ2) is 5.03. The molecule has 0 radical (unpaired) electrons. The van der Waals surface area contributed by atoms with Gasteiger partial charge in [-0.25, -0.2) is 4.98 Å². The Morgan fingerprint density at radius 1 is 1.57 bits per heavy atom. The molecule has 7 nitrogen and oxygen atoms in total. The Bertz CT molecular complexity index is 764. The molecule has 2 aromatic rings. The third kappa shape index (κ3) is 2.17. The molecule has 0 bridgehead atoms. The SMILES string of the molecule is N#Cc1c(N)sc2c1CCN(c1ncccc1[N+](=O)[O-])C2. The fourth-order valence-electron chi connectivity index (χ4n) is 2.50. The predicted octanol–water partition coefficient (Wildman–Crippen LogP) is 2.07. The Kier molecular flexibility index (Phi) is 3.19. The predicted molar refractivity (Wildman–Crippen MR) is 79.1 cm³/mol. The van der Waals surface area contributed by atoms with Crippen LogP contribution in [0.4, 0.5) is 16.5 Å². The first-order chi connectivity index (χ1) is 10.1. The highest BCUT2D eigenvalue weighted by Gasteiger charge is 2.28. The summed E-state index contributed by atoms with van der Waals surface area (Å²) >= 11 is 1.37. The van der Waals surface area contributed by atoms with Gasteiger partial charge in [0.2, 0.25) is 5.82 Å². The number of nitriles is 1. The normalized spacial score (nSPS) is 13.6. The minimum Gasteiger partial charge on any atom is -0.389 e. The van der Waals surface area contributed by atoms with Crippen LogP contribution in [0.3, 0.4) is 0 Å². The van der Waals surface area contributed by atoms with Gasteiger partial charge in [0, 0.05) is 23.7 Å². The van der Waals surface area contributed by atoms with Crippen molar-refractivity contribution >= 4 is 27.8 Å². The van der Waals surface area contributed by atoms with Crippen molar-refractivity contribution in [3.8, 4) is 6.07 Å². The number of nitrogen functional groups attached to an aromatic ring is 1. The number of hydrogen-bond donors (Lipinski definition) is 1. The summed E-state index contributed by atoms with van der Waals surface area (Å²) in [5, 5.41) is 20.7. The van der Waals surface area contributed by atoms with Crippen LogP contribution in [0.15, 0.2) is 18.3 Å². The first kappa shape index (κ1) is 13.3. The maximum atomic E-state index is 11.1. The summed E-state index contributed by atoms with van der Waals surface area (Å²) in [6.07, 6.45) is 2.18. The molecule has 8 heteroatoms. The number of anilines is 2. The van der Waals surface area contributed by atoms with Gasteiger partial charge in [0.05, 0.1) is 17.0 Å². The molecule has 0 unspecified atom stereocenters. The fraction of sp³-hybridized carbons (Fsp3) is 0.231. The number of aromatic nitrogens is 1. The number of hydrogen-bond acceptors (Lipinski definition) is 7. The molecule has 1 aliphatic heterocycles. The van der Waals surface area contributed by atoms with Gasteiger partial charge in [0.25, 0.3) is 0 Å². The van der Waals surface area contributed by atoms with Crippen LogP contribution < -0.4 is 10.6 Å². The van der Waals surface area contributed by atoms with Crippen LogP contribution in [0, 0.1) is 21.4 Å². The van der Waals surface area contributed by atoms with Crippen molar-refractivity contribution in [1.82, 2.24) is 4.98 Å². The summed E-state index contributed by atoms with van der Waals surface area (Å²) in [6.45, 7) is 1.07. The van der Waals surface area contributed by atoms with E-state index in [1.807, 2.05) is 4.90 Å². The molecule has 106 valence electrons. The first-order valence-electron chi connectivity index (χ1n) is 6.26. The van der Waals surface area contributed by atoms with E-state index in [0.29, 0.717) is 35.9 Å². The van der Waals surface area contributed by atoms with Crippen molar-refractivity contribution in [2.45, 2.75) is 13.0 Å². The van der Waals surface area contributed by atoms with E-state index in [1.165, 1.54) is 17.4 Å². The highest BCUT2D eigenvalue weighted by molar-refractivity contribution is 7.16. The lowest BCUT2D eigenvalue weighted by molar-refractivity contribution is -0.384. The van der Waals surface area contributed by atoms with E-state index in [-0.39, 0.29) is 5.69 Å². The molecule has 3 rings (SSSR count). The molecule has 0 aromatic carbocycles. The number of nitrogens with zero attached hydrogens (tertiary/aromatic N) is 4. The topological polar surface area (TPSA) is 109 Å². The van der Waals surface area contributed by atoms with Crippen LogP contribution in [-0.2, 0) is 13.0 Å². The standard InChI is InChI=1S/C13H11N5O2S/c14-6-9-8-3-5-17(7-11(8)21-12(9)15)13-10(18(19)20)2-1-4-16-13/h1-2,4H,3,5,7,15H2. The van der Waals surface area contributed by atoms with Crippen LogP contribution in [0.1, 0.15) is 16.0 Å². The van der Waals surface area contributed by atoms with Crippen LogP contribution in [0.25, 0.3) is 0 Å². The van der Waals surface area contributed by atoms with E-state index in [1.54, 1.807) is 12.3 Å². The van der Waals surface area contributed by atoms with E-state index in [2.05, 4.69) is 11.1 Å². The number of fused-ring (bicyclic) bond motifs is 1. The number of thiophene rings is 1. The summed E-state index contributed by atoms with van der Waals surface area (Å²) in [7, 11) is 0. The van der Waals surface area contributed by atoms with Crippen LogP contribution in [0.2, 0.25) is 0 Å². The molecule has 2 aromatic heterocycles. The van der Waals surface area contributed by atoms with Crippen molar-refractivity contribution in [3.63, 3.8) is 0 Å². The number of nitrogens with two attached hydrogens (primary N) is 1. The summed E-state index contributed by atoms with van der Waals surface area (Å²) < 4.78 is 0. The maximum absolute atomic E-state index is 11.1. The van der Waals surface area contributed by atoms with Gasteiger partial charge in [-0.15, -0.1) is 11.3 Å². The maximum Gasteiger partial charge on any atom is 0.311 e. The van der Waals surface area contributed by atoms with Crippen LogP contribution in [0.5, 0.6) is 0 Å². The monoisotopic (exact) mass is 301 g/mol. The van der Waals surface area contributed by atoms with Crippen LogP contribution >= 0.6 is 11.3 Å². The first-order valence-corrected chi connectivity index (χ1v) is 7.08. The van der Waals surface area contributed by atoms with Crippen LogP contribution in [-0.4, -0.2) is 16.5 Å². The zero-order valence-electron chi connectivity index (χ0n) is 10.9. The highest BCUT2D eigenvalue weighted by Crippen LogP contribution is 2.37. The Balaban J connectivity index is 1.98. The van der Waals surface area contributed by atoms with Crippen molar-refractivity contribution in [3.05, 3.63) is 44.4 Å². The average molecular weight is 301 g/mol. The minimum absolute atomic E-state index is 0.00835. The molecule has 3 heterocycles.